The Morgan fingerprint density at radius 2 is 0.619 bits per heavy atom. The number of rotatable bonds is 7. The lowest BCUT2D eigenvalue weighted by Gasteiger charge is -2.40. The average Bonchev–Trinajstić information content (AvgIpc) is 1.59. The van der Waals surface area contributed by atoms with E-state index in [0.717, 1.165) is 56.4 Å². The van der Waals surface area contributed by atoms with E-state index >= 15 is 0 Å². The molecule has 0 spiro atoms. The molecule has 0 bridgehead atoms. The third-order valence-electron chi connectivity index (χ3n) is 19.5. The maximum atomic E-state index is 3.65. The molecule has 97 heavy (non-hydrogen) atoms. The van der Waals surface area contributed by atoms with Crippen molar-refractivity contribution in [1.29, 1.82) is 0 Å². The Morgan fingerprint density at radius 1 is 0.258 bits per heavy atom. The van der Waals surface area contributed by atoms with E-state index in [0.29, 0.717) is 5.92 Å². The maximum Gasteiger partial charge on any atom is 0.0703 e. The highest BCUT2D eigenvalue weighted by Crippen LogP contribution is 2.55. The predicted molar refractivity (Wildman–Crippen MR) is 409 cm³/mol. The monoisotopic (exact) mass is 1310 g/mol. The van der Waals surface area contributed by atoms with Crippen LogP contribution < -0.4 is 9.80 Å². The van der Waals surface area contributed by atoms with Gasteiger partial charge in [0, 0.05) is 89.2 Å². The van der Waals surface area contributed by atoms with Crippen molar-refractivity contribution < 1.29 is 0 Å². The second-order valence-electron chi connectivity index (χ2n) is 24.9. The maximum absolute atomic E-state index is 3.65. The van der Waals surface area contributed by atoms with Gasteiger partial charge in [-0.3, -0.25) is 0 Å². The number of hydrogen-bond donors (Lipinski definition) is 0. The second-order valence-corrected chi connectivity index (χ2v) is 25.9. The van der Waals surface area contributed by atoms with Crippen LogP contribution in [-0.4, -0.2) is 18.3 Å². The fourth-order valence-corrected chi connectivity index (χ4v) is 15.6. The highest BCUT2D eigenvalue weighted by molar-refractivity contribution is 9.10. The van der Waals surface area contributed by atoms with E-state index in [2.05, 4.69) is 408 Å². The molecule has 7 heteroatoms. The molecule has 20 rings (SSSR count). The summed E-state index contributed by atoms with van der Waals surface area (Å²) in [4.78, 5) is 4.79. The predicted octanol–water partition coefficient (Wildman–Crippen LogP) is 24.2. The number of fused-ring (bicyclic) bond motifs is 14. The molecule has 2 aliphatic rings. The van der Waals surface area contributed by atoms with Crippen molar-refractivity contribution in [2.45, 2.75) is 12.3 Å². The summed E-state index contributed by atoms with van der Waals surface area (Å²) in [6.07, 6.45) is 5.41. The van der Waals surface area contributed by atoms with Crippen molar-refractivity contribution in [2.24, 2.45) is 0 Å². The van der Waals surface area contributed by atoms with Crippen molar-refractivity contribution in [3.05, 3.63) is 397 Å². The summed E-state index contributed by atoms with van der Waals surface area (Å²) in [5.41, 5.74) is 26.0. The molecule has 0 radical (unpaired) electrons. The fourth-order valence-electron chi connectivity index (χ4n) is 15.3. The van der Waals surface area contributed by atoms with Gasteiger partial charge in [-0.1, -0.05) is 222 Å². The van der Waals surface area contributed by atoms with Crippen LogP contribution in [0.2, 0.25) is 0 Å². The molecule has 0 atom stereocenters. The highest BCUT2D eigenvalue weighted by atomic mass is 79.9. The standard InChI is InChI=1S/C44H30N4.C26H17BrN2.C20H16/c1-4-14-31(15-5-1)45-29-28-36-38(45)27-25-35-37-30-34(24-26-39(37)48(44(35)36)33-18-8-3-9-19-33)47-42-22-12-10-20-40(42)46(32-16-6-2-7-17-32)41-21-11-13-23-43(41)47;27-18-11-13-25-23(17-18)21-12-14-24-22(15-16-28(24)19-7-3-1-4-8-19)26(21)29(25)20-9-5-2-6-10-20;1-2-8-15(9-3-1)20-18-12-6-4-10-16(18)14-17-11-5-7-13-19(17)20/h1-30H;1-17H;1-13,20H,14H2. The van der Waals surface area contributed by atoms with Crippen LogP contribution in [-0.2, 0) is 6.42 Å². The summed E-state index contributed by atoms with van der Waals surface area (Å²) >= 11 is 3.65. The van der Waals surface area contributed by atoms with Gasteiger partial charge < -0.3 is 28.1 Å². The summed E-state index contributed by atoms with van der Waals surface area (Å²) in [6, 6.07) is 126. The molecule has 0 saturated carbocycles. The van der Waals surface area contributed by atoms with Gasteiger partial charge in [-0.25, -0.2) is 0 Å². The zero-order chi connectivity index (χ0) is 64.3. The fraction of sp³-hybridized carbons (Fsp3) is 0.0222. The summed E-state index contributed by atoms with van der Waals surface area (Å²) in [7, 11) is 0. The van der Waals surface area contributed by atoms with Crippen LogP contribution in [0.5, 0.6) is 0 Å². The van der Waals surface area contributed by atoms with Crippen molar-refractivity contribution in [2.75, 3.05) is 9.80 Å². The lowest BCUT2D eigenvalue weighted by Crippen LogP contribution is -2.23. The number of benzene rings is 14. The van der Waals surface area contributed by atoms with Crippen LogP contribution >= 0.6 is 15.9 Å². The van der Waals surface area contributed by atoms with E-state index in [4.69, 9.17) is 0 Å². The Bertz CT molecular complexity index is 5840. The second kappa shape index (κ2) is 24.3. The lowest BCUT2D eigenvalue weighted by molar-refractivity contribution is 0.885. The number of hydrogen-bond acceptors (Lipinski definition) is 2. The smallest absolute Gasteiger partial charge is 0.0703 e. The number of anilines is 6. The number of nitrogens with zero attached hydrogens (tertiary/aromatic N) is 6. The van der Waals surface area contributed by atoms with E-state index < -0.39 is 0 Å². The summed E-state index contributed by atoms with van der Waals surface area (Å²) in [5, 5.41) is 7.46. The van der Waals surface area contributed by atoms with Crippen molar-refractivity contribution in [1.82, 2.24) is 18.3 Å². The molecule has 14 aromatic carbocycles. The number of para-hydroxylation sites is 9. The van der Waals surface area contributed by atoms with Gasteiger partial charge in [0.05, 0.1) is 55.8 Å². The zero-order valence-electron chi connectivity index (χ0n) is 53.0. The Kier molecular flexibility index (Phi) is 14.4. The average molecular weight is 1310 g/mol. The Labute approximate surface area is 571 Å². The van der Waals surface area contributed by atoms with Crippen LogP contribution in [0.25, 0.3) is 88.2 Å². The first-order valence-corrected chi connectivity index (χ1v) is 34.0. The SMILES string of the molecule is Brc1ccc2c(c1)c1ccc3c(ccn3-c3ccccc3)c1n2-c1ccccc1.c1ccc(C2c3ccccc3Cc3ccccc32)cc1.c1ccc(N2c3ccccc3N(c3ccc4c(c3)c3ccc5c(ccn5-c5ccccc5)c3n4-c3ccccc3)c3ccccc32)cc1. The van der Waals surface area contributed by atoms with Gasteiger partial charge in [-0.05, 0) is 180 Å². The molecule has 6 nitrogen and oxygen atoms in total. The molecule has 0 N–H and O–H groups in total. The minimum absolute atomic E-state index is 0.373. The molecular formula is C90H63BrN6. The van der Waals surface area contributed by atoms with Gasteiger partial charge in [-0.15, -0.1) is 0 Å². The molecule has 0 saturated heterocycles. The molecule has 18 aromatic rings. The summed E-state index contributed by atoms with van der Waals surface area (Å²) in [6.45, 7) is 0. The Balaban J connectivity index is 0.000000118. The van der Waals surface area contributed by atoms with Crippen LogP contribution in [0.3, 0.4) is 0 Å². The molecule has 0 unspecified atom stereocenters. The Hall–Kier alpha value is -12.2. The zero-order valence-corrected chi connectivity index (χ0v) is 54.6. The molecule has 4 aromatic heterocycles. The van der Waals surface area contributed by atoms with Crippen LogP contribution in [0.1, 0.15) is 33.7 Å². The van der Waals surface area contributed by atoms with Gasteiger partial charge in [0.25, 0.3) is 0 Å². The molecule has 5 heterocycles. The normalized spacial score (nSPS) is 12.5. The van der Waals surface area contributed by atoms with Crippen LogP contribution in [0.4, 0.5) is 34.1 Å². The summed E-state index contributed by atoms with van der Waals surface area (Å²) < 4.78 is 10.5. The molecule has 0 amide bonds. The summed E-state index contributed by atoms with van der Waals surface area (Å²) in [5.74, 6) is 0.373. The minimum Gasteiger partial charge on any atom is -0.316 e. The van der Waals surface area contributed by atoms with Crippen molar-refractivity contribution in [3.63, 3.8) is 0 Å². The molecule has 1 aliphatic heterocycles. The molecule has 460 valence electrons. The van der Waals surface area contributed by atoms with E-state index in [-0.39, 0.29) is 0 Å². The minimum atomic E-state index is 0.373. The van der Waals surface area contributed by atoms with Gasteiger partial charge >= 0.3 is 0 Å². The largest absolute Gasteiger partial charge is 0.316 e. The third kappa shape index (κ3) is 9.93. The highest BCUT2D eigenvalue weighted by Gasteiger charge is 2.31. The van der Waals surface area contributed by atoms with Gasteiger partial charge in [0.1, 0.15) is 0 Å². The van der Waals surface area contributed by atoms with Crippen molar-refractivity contribution in [3.8, 4) is 22.7 Å². The van der Waals surface area contributed by atoms with E-state index in [1.54, 1.807) is 0 Å². The third-order valence-corrected chi connectivity index (χ3v) is 20.0. The quantitative estimate of drug-likeness (QED) is 0.159. The first-order valence-electron chi connectivity index (χ1n) is 33.2. The Morgan fingerprint density at radius 3 is 1.08 bits per heavy atom. The van der Waals surface area contributed by atoms with Crippen LogP contribution in [0.15, 0.2) is 369 Å². The van der Waals surface area contributed by atoms with Crippen molar-refractivity contribution >= 4 is 115 Å². The van der Waals surface area contributed by atoms with Gasteiger partial charge in [0.15, 0.2) is 0 Å². The molecule has 1 aliphatic carbocycles. The van der Waals surface area contributed by atoms with Gasteiger partial charge in [-0.2, -0.15) is 0 Å². The molecule has 0 fully saturated rings. The van der Waals surface area contributed by atoms with Gasteiger partial charge in [0.2, 0.25) is 0 Å². The molecular weight excluding hydrogens is 1240 g/mol. The van der Waals surface area contributed by atoms with E-state index in [9.17, 15) is 0 Å². The first-order chi connectivity index (χ1) is 48.1. The van der Waals surface area contributed by atoms with Crippen LogP contribution in [0, 0.1) is 0 Å². The number of halogens is 1. The topological polar surface area (TPSA) is 26.2 Å². The lowest BCUT2D eigenvalue weighted by atomic mass is 9.75. The van der Waals surface area contributed by atoms with E-state index in [1.165, 1.54) is 105 Å². The van der Waals surface area contributed by atoms with E-state index in [1.807, 2.05) is 0 Å². The number of aromatic nitrogens is 4. The first kappa shape index (κ1) is 57.5.